The van der Waals surface area contributed by atoms with Crippen LogP contribution in [0.2, 0.25) is 5.02 Å². The Labute approximate surface area is 275 Å². The van der Waals surface area contributed by atoms with Gasteiger partial charge in [-0.2, -0.15) is 0 Å². The Hall–Kier alpha value is -3.27. The summed E-state index contributed by atoms with van der Waals surface area (Å²) in [5, 5.41) is 10.1. The molecule has 3 fully saturated rings. The summed E-state index contributed by atoms with van der Waals surface area (Å²) < 4.78 is 4.31. The van der Waals surface area contributed by atoms with Crippen LogP contribution in [0, 0.1) is 11.8 Å². The predicted octanol–water partition coefficient (Wildman–Crippen LogP) is 5.73. The molecule has 45 heavy (non-hydrogen) atoms. The summed E-state index contributed by atoms with van der Waals surface area (Å²) in [6.45, 7) is 13.2. The number of anilines is 2. The van der Waals surface area contributed by atoms with Crippen molar-refractivity contribution in [3.05, 3.63) is 78.9 Å². The second-order valence-electron chi connectivity index (χ2n) is 12.1. The molecule has 3 amide bonds. The molecule has 3 heterocycles. The average Bonchev–Trinajstić information content (AvgIpc) is 3.60. The summed E-state index contributed by atoms with van der Waals surface area (Å²) in [6.07, 6.45) is 5.77. The Bertz CT molecular complexity index is 1440. The van der Waals surface area contributed by atoms with E-state index in [0.29, 0.717) is 61.0 Å². The Balaban J connectivity index is 1.55. The zero-order valence-corrected chi connectivity index (χ0v) is 27.6. The minimum Gasteiger partial charge on any atom is -0.494 e. The molecule has 3 aliphatic heterocycles. The number of benzene rings is 2. The first kappa shape index (κ1) is 33.1. The number of hydrogen-bond acceptors (Lipinski definition) is 6. The van der Waals surface area contributed by atoms with Crippen molar-refractivity contribution in [3.8, 4) is 5.75 Å². The van der Waals surface area contributed by atoms with E-state index in [1.807, 2.05) is 31.2 Å². The van der Waals surface area contributed by atoms with Crippen LogP contribution in [0.25, 0.3) is 0 Å². The highest BCUT2D eigenvalue weighted by atomic mass is 35.5. The number of hydrogen-bond donors (Lipinski definition) is 1. The van der Waals surface area contributed by atoms with Crippen LogP contribution < -0.4 is 14.5 Å². The van der Waals surface area contributed by atoms with Crippen molar-refractivity contribution < 1.29 is 24.2 Å². The van der Waals surface area contributed by atoms with Crippen LogP contribution in [0.3, 0.4) is 0 Å². The van der Waals surface area contributed by atoms with Crippen LogP contribution in [0.4, 0.5) is 11.4 Å². The summed E-state index contributed by atoms with van der Waals surface area (Å²) in [7, 11) is 0. The van der Waals surface area contributed by atoms with Crippen molar-refractivity contribution >= 4 is 52.5 Å². The second kappa shape index (κ2) is 13.6. The fourth-order valence-electron chi connectivity index (χ4n) is 7.44. The second-order valence-corrected chi connectivity index (χ2v) is 14.4. The highest BCUT2D eigenvalue weighted by molar-refractivity contribution is 8.02. The molecular weight excluding hydrogens is 610 g/mol. The van der Waals surface area contributed by atoms with E-state index in [-0.39, 0.29) is 37.4 Å². The van der Waals surface area contributed by atoms with Gasteiger partial charge in [-0.15, -0.1) is 24.9 Å². The number of aliphatic hydroxyl groups excluding tert-OH is 1. The molecule has 10 heteroatoms. The molecule has 1 spiro atoms. The van der Waals surface area contributed by atoms with Gasteiger partial charge in [0.25, 0.3) is 5.91 Å². The molecule has 3 aliphatic rings. The monoisotopic (exact) mass is 651 g/mol. The summed E-state index contributed by atoms with van der Waals surface area (Å²) in [4.78, 5) is 49.0. The molecular formula is C35H42ClN3O5S. The van der Waals surface area contributed by atoms with Crippen molar-refractivity contribution in [3.63, 3.8) is 0 Å². The van der Waals surface area contributed by atoms with E-state index in [0.717, 1.165) is 0 Å². The summed E-state index contributed by atoms with van der Waals surface area (Å²) in [5.41, 5.74) is 1.36. The van der Waals surface area contributed by atoms with Crippen molar-refractivity contribution in [1.82, 2.24) is 4.90 Å². The number of likely N-dealkylation sites (tertiary alicyclic amines) is 1. The number of amides is 3. The number of fused-ring (bicyclic) bond motifs is 1. The Kier molecular flexibility index (Phi) is 10.0. The average molecular weight is 652 g/mol. The lowest BCUT2D eigenvalue weighted by Gasteiger charge is -2.38. The molecule has 3 saturated heterocycles. The first-order chi connectivity index (χ1) is 21.7. The molecule has 240 valence electrons. The van der Waals surface area contributed by atoms with Gasteiger partial charge in [-0.25, -0.2) is 0 Å². The van der Waals surface area contributed by atoms with Gasteiger partial charge in [0, 0.05) is 47.4 Å². The number of carbonyl (C=O) groups is 3. The molecule has 2 unspecified atom stereocenters. The zero-order valence-electron chi connectivity index (χ0n) is 26.0. The van der Waals surface area contributed by atoms with Gasteiger partial charge in [-0.3, -0.25) is 14.4 Å². The van der Waals surface area contributed by atoms with Crippen LogP contribution in [0.5, 0.6) is 5.75 Å². The van der Waals surface area contributed by atoms with Crippen molar-refractivity contribution in [2.45, 2.75) is 55.1 Å². The van der Waals surface area contributed by atoms with Crippen LogP contribution in [0.15, 0.2) is 73.8 Å². The number of ether oxygens (including phenoxy) is 1. The van der Waals surface area contributed by atoms with E-state index in [1.54, 1.807) is 62.9 Å². The summed E-state index contributed by atoms with van der Waals surface area (Å²) in [5.74, 6) is -1.08. The van der Waals surface area contributed by atoms with Gasteiger partial charge in [0.15, 0.2) is 0 Å². The Morgan fingerprint density at radius 2 is 1.62 bits per heavy atom. The Morgan fingerprint density at radius 3 is 2.20 bits per heavy atom. The molecule has 2 aromatic carbocycles. The lowest BCUT2D eigenvalue weighted by atomic mass is 9.66. The molecule has 0 saturated carbocycles. The van der Waals surface area contributed by atoms with Crippen LogP contribution in [-0.2, 0) is 14.4 Å². The highest BCUT2D eigenvalue weighted by Gasteiger charge is 2.77. The van der Waals surface area contributed by atoms with Crippen LogP contribution in [0.1, 0.15) is 39.5 Å². The zero-order chi connectivity index (χ0) is 32.4. The van der Waals surface area contributed by atoms with Crippen molar-refractivity contribution in [2.24, 2.45) is 11.8 Å². The lowest BCUT2D eigenvalue weighted by Crippen LogP contribution is -2.55. The minimum absolute atomic E-state index is 0.00485. The minimum atomic E-state index is -0.771. The molecule has 5 atom stereocenters. The fourth-order valence-corrected chi connectivity index (χ4v) is 9.91. The number of rotatable bonds is 14. The fraction of sp³-hybridized carbons (Fsp3) is 0.457. The molecule has 2 bridgehead atoms. The van der Waals surface area contributed by atoms with E-state index in [9.17, 15) is 19.5 Å². The van der Waals surface area contributed by atoms with Gasteiger partial charge in [0.1, 0.15) is 11.8 Å². The summed E-state index contributed by atoms with van der Waals surface area (Å²) >= 11 is 7.81. The van der Waals surface area contributed by atoms with E-state index in [4.69, 9.17) is 16.3 Å². The van der Waals surface area contributed by atoms with Gasteiger partial charge in [-0.05, 0) is 88.1 Å². The van der Waals surface area contributed by atoms with E-state index < -0.39 is 27.4 Å². The summed E-state index contributed by atoms with van der Waals surface area (Å²) in [6, 6.07) is 13.7. The van der Waals surface area contributed by atoms with Crippen molar-refractivity contribution in [2.75, 3.05) is 42.6 Å². The third-order valence-electron chi connectivity index (χ3n) is 9.34. The number of aliphatic hydroxyl groups is 1. The molecule has 0 aliphatic carbocycles. The predicted molar refractivity (Wildman–Crippen MR) is 181 cm³/mol. The molecule has 5 rings (SSSR count). The molecule has 1 N–H and O–H groups in total. The maximum Gasteiger partial charge on any atom is 0.251 e. The maximum absolute atomic E-state index is 14.7. The topological polar surface area (TPSA) is 90.4 Å². The van der Waals surface area contributed by atoms with Gasteiger partial charge >= 0.3 is 0 Å². The number of halogens is 1. The van der Waals surface area contributed by atoms with Crippen molar-refractivity contribution in [1.29, 1.82) is 0 Å². The number of nitrogens with zero attached hydrogens (tertiary/aromatic N) is 3. The number of carbonyl (C=O) groups excluding carboxylic acids is 3. The first-order valence-corrected chi connectivity index (χ1v) is 16.8. The third kappa shape index (κ3) is 5.90. The van der Waals surface area contributed by atoms with Gasteiger partial charge < -0.3 is 24.5 Å². The van der Waals surface area contributed by atoms with Crippen LogP contribution in [-0.4, -0.2) is 76.1 Å². The number of thioether (sulfide) groups is 1. The highest BCUT2D eigenvalue weighted by Crippen LogP contribution is 2.71. The molecule has 8 nitrogen and oxygen atoms in total. The Morgan fingerprint density at radius 1 is 1.02 bits per heavy atom. The van der Waals surface area contributed by atoms with Gasteiger partial charge in [0.2, 0.25) is 11.8 Å². The van der Waals surface area contributed by atoms with E-state index >= 15 is 0 Å². The standard InChI is InChI=1S/C35H42ClN3O5S/c1-5-20-37(26-14-16-27(17-15-26)44-7-3)31(41)28-29-32(42)39(22-8-9-23-40)30(35(29)19-18-34(28,4)45-35)33(43)38(21-6-2)25-12-10-24(36)11-13-25/h5-6,10-17,28-30,40H,1-2,7-9,18-23H2,3-4H3/t28-,29+,30?,34+,35?/m1/s1. The quantitative estimate of drug-likeness (QED) is 0.207. The van der Waals surface area contributed by atoms with E-state index in [1.165, 1.54) is 0 Å². The van der Waals surface area contributed by atoms with E-state index in [2.05, 4.69) is 20.1 Å². The largest absolute Gasteiger partial charge is 0.494 e. The smallest absolute Gasteiger partial charge is 0.251 e. The maximum atomic E-state index is 14.7. The van der Waals surface area contributed by atoms with Gasteiger partial charge in [0.05, 0.1) is 23.2 Å². The normalized spacial score (nSPS) is 26.4. The number of unbranched alkanes of at least 4 members (excludes halogenated alkanes) is 1. The third-order valence-corrected chi connectivity index (χ3v) is 11.6. The lowest BCUT2D eigenvalue weighted by molar-refractivity contribution is -0.139. The van der Waals surface area contributed by atoms with Gasteiger partial charge in [-0.1, -0.05) is 23.8 Å². The van der Waals surface area contributed by atoms with Crippen LogP contribution >= 0.6 is 23.4 Å². The SMILES string of the molecule is C=CCN(C(=O)C1N(CCCCO)C(=O)[C@@H]2[C@H](C(=O)N(CC=C)c3ccc(OCC)cc3)[C@]3(C)CCC12S3)c1ccc(Cl)cc1. The molecule has 2 aromatic rings. The molecule has 0 aromatic heterocycles. The molecule has 0 radical (unpaired) electrons. The first-order valence-electron chi connectivity index (χ1n) is 15.6.